The average molecular weight is 322 g/mol. The van der Waals surface area contributed by atoms with Crippen LogP contribution < -0.4 is 10.6 Å². The second-order valence-electron chi connectivity index (χ2n) is 4.20. The summed E-state index contributed by atoms with van der Waals surface area (Å²) in [5, 5.41) is 7.98. The number of nitrogens with zero attached hydrogens (tertiary/aromatic N) is 1. The second kappa shape index (κ2) is 6.52. The third kappa shape index (κ3) is 3.44. The molecule has 4 nitrogen and oxygen atoms in total. The van der Waals surface area contributed by atoms with E-state index in [1.807, 2.05) is 31.2 Å². The molecular formula is C14H16BrN3O. The molecule has 0 atom stereocenters. The van der Waals surface area contributed by atoms with Gasteiger partial charge in [0.05, 0.1) is 6.54 Å². The maximum absolute atomic E-state index is 11.6. The Balaban J connectivity index is 2.13. The van der Waals surface area contributed by atoms with Gasteiger partial charge in [-0.3, -0.25) is 4.79 Å². The van der Waals surface area contributed by atoms with E-state index in [2.05, 4.69) is 31.5 Å². The molecule has 5 heteroatoms. The van der Waals surface area contributed by atoms with Gasteiger partial charge in [-0.05, 0) is 18.6 Å². The zero-order valence-corrected chi connectivity index (χ0v) is 12.3. The van der Waals surface area contributed by atoms with Gasteiger partial charge in [-0.1, -0.05) is 35.0 Å². The zero-order chi connectivity index (χ0) is 13.7. The normalized spacial score (nSPS) is 10.4. The van der Waals surface area contributed by atoms with E-state index < -0.39 is 0 Å². The summed E-state index contributed by atoms with van der Waals surface area (Å²) in [6.45, 7) is 2.96. The molecule has 0 fully saturated rings. The highest BCUT2D eigenvalue weighted by atomic mass is 79.9. The highest BCUT2D eigenvalue weighted by molar-refractivity contribution is 9.10. The highest BCUT2D eigenvalue weighted by Crippen LogP contribution is 2.27. The van der Waals surface area contributed by atoms with Crippen molar-refractivity contribution < 1.29 is 4.79 Å². The largest absolute Gasteiger partial charge is 0.360 e. The minimum absolute atomic E-state index is 0.0179. The lowest BCUT2D eigenvalue weighted by Crippen LogP contribution is -2.30. The summed E-state index contributed by atoms with van der Waals surface area (Å²) < 4.78 is 1.02. The summed E-state index contributed by atoms with van der Waals surface area (Å²) in [5.41, 5.74) is 0. The van der Waals surface area contributed by atoms with Crippen LogP contribution >= 0.6 is 15.9 Å². The summed E-state index contributed by atoms with van der Waals surface area (Å²) in [6.07, 6.45) is 2.67. The van der Waals surface area contributed by atoms with Gasteiger partial charge < -0.3 is 10.6 Å². The molecule has 0 saturated heterocycles. The number of carbonyl (C=O) groups excluding carboxylic acids is 1. The third-order valence-corrected chi connectivity index (χ3v) is 3.43. The molecule has 2 aromatic rings. The fraction of sp³-hybridized carbons (Fsp3) is 0.286. The minimum Gasteiger partial charge on any atom is -0.360 e. The molecule has 0 aliphatic heterocycles. The molecule has 19 heavy (non-hydrogen) atoms. The Morgan fingerprint density at radius 2 is 2.16 bits per heavy atom. The number of nitrogens with one attached hydrogen (secondary N) is 2. The molecule has 0 unspecified atom stereocenters. The Bertz CT molecular complexity index is 586. The van der Waals surface area contributed by atoms with Gasteiger partial charge in [0.25, 0.3) is 0 Å². The summed E-state index contributed by atoms with van der Waals surface area (Å²) in [4.78, 5) is 15.9. The fourth-order valence-electron chi connectivity index (χ4n) is 1.80. The first-order chi connectivity index (χ1) is 9.22. The van der Waals surface area contributed by atoms with Crippen LogP contribution in [0.5, 0.6) is 0 Å². The van der Waals surface area contributed by atoms with E-state index in [1.54, 1.807) is 6.20 Å². The Hall–Kier alpha value is -1.62. The van der Waals surface area contributed by atoms with E-state index in [4.69, 9.17) is 0 Å². The van der Waals surface area contributed by atoms with E-state index in [0.29, 0.717) is 6.54 Å². The van der Waals surface area contributed by atoms with Crippen LogP contribution in [-0.2, 0) is 4.79 Å². The summed E-state index contributed by atoms with van der Waals surface area (Å²) in [5.74, 6) is 0.709. The van der Waals surface area contributed by atoms with Crippen molar-refractivity contribution in [3.8, 4) is 0 Å². The number of fused-ring (bicyclic) bond motifs is 1. The molecule has 0 spiro atoms. The van der Waals surface area contributed by atoms with E-state index in [-0.39, 0.29) is 12.5 Å². The predicted octanol–water partition coefficient (Wildman–Crippen LogP) is 2.94. The van der Waals surface area contributed by atoms with Crippen LogP contribution in [0.3, 0.4) is 0 Å². The van der Waals surface area contributed by atoms with Gasteiger partial charge in [0.1, 0.15) is 5.82 Å². The Morgan fingerprint density at radius 1 is 1.32 bits per heavy atom. The van der Waals surface area contributed by atoms with Gasteiger partial charge in [-0.25, -0.2) is 4.98 Å². The standard InChI is InChI=1S/C14H16BrN3O/c1-2-7-16-13(19)9-18-14-11-4-3-5-12(15)10(11)6-8-17-14/h3-6,8H,2,7,9H2,1H3,(H,16,19)(H,17,18). The Morgan fingerprint density at radius 3 is 2.95 bits per heavy atom. The molecule has 1 aromatic carbocycles. The van der Waals surface area contributed by atoms with Crippen LogP contribution in [0.15, 0.2) is 34.9 Å². The monoisotopic (exact) mass is 321 g/mol. The lowest BCUT2D eigenvalue weighted by molar-refractivity contribution is -0.119. The molecule has 100 valence electrons. The van der Waals surface area contributed by atoms with Gasteiger partial charge >= 0.3 is 0 Å². The number of halogens is 1. The molecule has 0 aliphatic carbocycles. The number of benzene rings is 1. The maximum atomic E-state index is 11.6. The lowest BCUT2D eigenvalue weighted by atomic mass is 10.1. The van der Waals surface area contributed by atoms with Crippen LogP contribution in [0.1, 0.15) is 13.3 Å². The molecule has 0 aliphatic rings. The SMILES string of the molecule is CCCNC(=O)CNc1nccc2c(Br)cccc12. The molecule has 0 bridgehead atoms. The smallest absolute Gasteiger partial charge is 0.239 e. The molecule has 1 heterocycles. The maximum Gasteiger partial charge on any atom is 0.239 e. The van der Waals surface area contributed by atoms with Crippen molar-refractivity contribution in [2.75, 3.05) is 18.4 Å². The molecule has 0 radical (unpaired) electrons. The quantitative estimate of drug-likeness (QED) is 0.890. The number of aromatic nitrogens is 1. The van der Waals surface area contributed by atoms with Crippen molar-refractivity contribution in [3.63, 3.8) is 0 Å². The van der Waals surface area contributed by atoms with Gasteiger partial charge in [-0.15, -0.1) is 0 Å². The van der Waals surface area contributed by atoms with Gasteiger partial charge in [0.15, 0.2) is 0 Å². The van der Waals surface area contributed by atoms with E-state index in [9.17, 15) is 4.79 Å². The van der Waals surface area contributed by atoms with Crippen LogP contribution in [-0.4, -0.2) is 24.0 Å². The summed E-state index contributed by atoms with van der Waals surface area (Å²) in [6, 6.07) is 7.87. The molecule has 0 saturated carbocycles. The van der Waals surface area contributed by atoms with Gasteiger partial charge in [0.2, 0.25) is 5.91 Å². The highest BCUT2D eigenvalue weighted by Gasteiger charge is 2.06. The zero-order valence-electron chi connectivity index (χ0n) is 10.7. The first kappa shape index (κ1) is 13.8. The van der Waals surface area contributed by atoms with Crippen LogP contribution in [0, 0.1) is 0 Å². The Kier molecular flexibility index (Phi) is 4.74. The number of carbonyl (C=O) groups is 1. The minimum atomic E-state index is -0.0179. The number of hydrogen-bond donors (Lipinski definition) is 2. The number of rotatable bonds is 5. The van der Waals surface area contributed by atoms with Crippen LogP contribution in [0.2, 0.25) is 0 Å². The van der Waals surface area contributed by atoms with Crippen molar-refractivity contribution in [2.24, 2.45) is 0 Å². The van der Waals surface area contributed by atoms with Gasteiger partial charge in [-0.2, -0.15) is 0 Å². The first-order valence-corrected chi connectivity index (χ1v) is 7.05. The second-order valence-corrected chi connectivity index (χ2v) is 5.05. The van der Waals surface area contributed by atoms with Crippen LogP contribution in [0.25, 0.3) is 10.8 Å². The predicted molar refractivity (Wildman–Crippen MR) is 81.2 cm³/mol. The Labute approximate surface area is 120 Å². The molecule has 2 rings (SSSR count). The number of amides is 1. The topological polar surface area (TPSA) is 54.0 Å². The molecule has 2 N–H and O–H groups in total. The molecule has 1 amide bonds. The summed E-state index contributed by atoms with van der Waals surface area (Å²) >= 11 is 3.51. The van der Waals surface area contributed by atoms with E-state index in [0.717, 1.165) is 27.5 Å². The molecular weight excluding hydrogens is 306 g/mol. The third-order valence-electron chi connectivity index (χ3n) is 2.74. The lowest BCUT2D eigenvalue weighted by Gasteiger charge is -2.09. The number of pyridine rings is 1. The van der Waals surface area contributed by atoms with E-state index in [1.165, 1.54) is 0 Å². The summed E-state index contributed by atoms with van der Waals surface area (Å²) in [7, 11) is 0. The van der Waals surface area contributed by atoms with Crippen molar-refractivity contribution in [2.45, 2.75) is 13.3 Å². The van der Waals surface area contributed by atoms with Crippen molar-refractivity contribution in [1.82, 2.24) is 10.3 Å². The first-order valence-electron chi connectivity index (χ1n) is 6.26. The number of hydrogen-bond acceptors (Lipinski definition) is 3. The van der Waals surface area contributed by atoms with E-state index >= 15 is 0 Å². The number of anilines is 1. The van der Waals surface area contributed by atoms with Crippen molar-refractivity contribution in [3.05, 3.63) is 34.9 Å². The average Bonchev–Trinajstić information content (AvgIpc) is 2.43. The fourth-order valence-corrected chi connectivity index (χ4v) is 2.30. The van der Waals surface area contributed by atoms with Crippen molar-refractivity contribution >= 4 is 38.4 Å². The molecule has 1 aromatic heterocycles. The van der Waals surface area contributed by atoms with Gasteiger partial charge in [0, 0.05) is 28.0 Å². The van der Waals surface area contributed by atoms with Crippen LogP contribution in [0.4, 0.5) is 5.82 Å². The van der Waals surface area contributed by atoms with Crippen molar-refractivity contribution in [1.29, 1.82) is 0 Å².